The first-order valence-corrected chi connectivity index (χ1v) is 6.42. The van der Waals surface area contributed by atoms with Crippen molar-refractivity contribution in [1.29, 1.82) is 0 Å². The van der Waals surface area contributed by atoms with Crippen LogP contribution in [0.2, 0.25) is 0 Å². The third-order valence-electron chi connectivity index (χ3n) is 2.42. The number of aromatic nitrogens is 2. The van der Waals surface area contributed by atoms with E-state index < -0.39 is 0 Å². The first kappa shape index (κ1) is 12.5. The lowest BCUT2D eigenvalue weighted by Crippen LogP contribution is -2.19. The van der Waals surface area contributed by atoms with E-state index in [1.54, 1.807) is 36.8 Å². The van der Waals surface area contributed by atoms with Gasteiger partial charge in [0, 0.05) is 30.5 Å². The van der Waals surface area contributed by atoms with E-state index in [4.69, 9.17) is 0 Å². The van der Waals surface area contributed by atoms with Gasteiger partial charge in [0.25, 0.3) is 5.91 Å². The van der Waals surface area contributed by atoms with E-state index in [0.29, 0.717) is 5.69 Å². The molecule has 1 unspecified atom stereocenters. The van der Waals surface area contributed by atoms with Crippen molar-refractivity contribution < 1.29 is 4.79 Å². The predicted octanol–water partition coefficient (Wildman–Crippen LogP) is 2.07. The van der Waals surface area contributed by atoms with Crippen molar-refractivity contribution in [2.45, 2.75) is 13.0 Å². The molecule has 0 saturated carbocycles. The summed E-state index contributed by atoms with van der Waals surface area (Å²) in [5.41, 5.74) is 1.25. The normalized spacial score (nSPS) is 11.9. The van der Waals surface area contributed by atoms with Gasteiger partial charge in [0.1, 0.15) is 10.7 Å². The number of rotatable bonds is 4. The molecule has 5 nitrogen and oxygen atoms in total. The topological polar surface area (TPSA) is 66.9 Å². The Morgan fingerprint density at radius 3 is 2.89 bits per heavy atom. The molecule has 18 heavy (non-hydrogen) atoms. The molecule has 94 valence electrons. The van der Waals surface area contributed by atoms with Crippen LogP contribution in [-0.2, 0) is 0 Å². The van der Waals surface area contributed by atoms with E-state index in [-0.39, 0.29) is 11.9 Å². The smallest absolute Gasteiger partial charge is 0.269 e. The van der Waals surface area contributed by atoms with Crippen LogP contribution in [0.4, 0.5) is 5.69 Å². The number of carbonyl (C=O) groups is 1. The molecule has 0 radical (unpaired) electrons. The zero-order valence-electron chi connectivity index (χ0n) is 10.2. The zero-order valence-corrected chi connectivity index (χ0v) is 11.0. The summed E-state index contributed by atoms with van der Waals surface area (Å²) < 4.78 is 0. The summed E-state index contributed by atoms with van der Waals surface area (Å²) in [5, 5.41) is 8.79. The summed E-state index contributed by atoms with van der Waals surface area (Å²) in [6, 6.07) is 3.66. The fourth-order valence-electron chi connectivity index (χ4n) is 1.53. The second-order valence-corrected chi connectivity index (χ2v) is 4.67. The van der Waals surface area contributed by atoms with Gasteiger partial charge in [0.05, 0.1) is 6.04 Å². The lowest BCUT2D eigenvalue weighted by Gasteiger charge is -2.13. The molecule has 2 rings (SSSR count). The van der Waals surface area contributed by atoms with Crippen LogP contribution < -0.4 is 10.6 Å². The van der Waals surface area contributed by atoms with Crippen LogP contribution >= 0.6 is 11.3 Å². The van der Waals surface area contributed by atoms with Gasteiger partial charge < -0.3 is 10.6 Å². The minimum absolute atomic E-state index is 0.102. The van der Waals surface area contributed by atoms with E-state index in [1.165, 1.54) is 0 Å². The van der Waals surface area contributed by atoms with Gasteiger partial charge in [-0.25, -0.2) is 4.98 Å². The predicted molar refractivity (Wildman–Crippen MR) is 71.8 cm³/mol. The maximum atomic E-state index is 11.5. The summed E-state index contributed by atoms with van der Waals surface area (Å²) in [6.45, 7) is 2.03. The van der Waals surface area contributed by atoms with Gasteiger partial charge in [0.2, 0.25) is 0 Å². The van der Waals surface area contributed by atoms with Crippen LogP contribution in [0, 0.1) is 0 Å². The van der Waals surface area contributed by atoms with E-state index in [9.17, 15) is 4.79 Å². The largest absolute Gasteiger partial charge is 0.376 e. The number of hydrogen-bond donors (Lipinski definition) is 2. The zero-order chi connectivity index (χ0) is 13.0. The summed E-state index contributed by atoms with van der Waals surface area (Å²) >= 11 is 1.60. The van der Waals surface area contributed by atoms with Gasteiger partial charge in [-0.1, -0.05) is 0 Å². The number of hydrogen-bond acceptors (Lipinski definition) is 5. The van der Waals surface area contributed by atoms with Crippen LogP contribution in [0.1, 0.15) is 28.5 Å². The van der Waals surface area contributed by atoms with Gasteiger partial charge in [-0.2, -0.15) is 0 Å². The Morgan fingerprint density at radius 1 is 1.39 bits per heavy atom. The monoisotopic (exact) mass is 262 g/mol. The van der Waals surface area contributed by atoms with Crippen molar-refractivity contribution in [1.82, 2.24) is 15.3 Å². The number of nitrogens with zero attached hydrogens (tertiary/aromatic N) is 2. The van der Waals surface area contributed by atoms with Crippen molar-refractivity contribution in [3.63, 3.8) is 0 Å². The molecule has 0 aliphatic rings. The molecule has 0 aliphatic heterocycles. The van der Waals surface area contributed by atoms with Gasteiger partial charge in [0.15, 0.2) is 0 Å². The third kappa shape index (κ3) is 2.84. The molecule has 0 aliphatic carbocycles. The maximum Gasteiger partial charge on any atom is 0.269 e. The van der Waals surface area contributed by atoms with E-state index in [0.717, 1.165) is 10.7 Å². The lowest BCUT2D eigenvalue weighted by atomic mass is 10.2. The number of anilines is 1. The van der Waals surface area contributed by atoms with Gasteiger partial charge in [-0.3, -0.25) is 9.78 Å². The molecular formula is C12H14N4OS. The molecule has 2 N–H and O–H groups in total. The maximum absolute atomic E-state index is 11.5. The number of carbonyl (C=O) groups excluding carboxylic acids is 1. The van der Waals surface area contributed by atoms with Crippen molar-refractivity contribution in [3.05, 3.63) is 40.6 Å². The van der Waals surface area contributed by atoms with Crippen LogP contribution in [0.15, 0.2) is 29.9 Å². The van der Waals surface area contributed by atoms with Crippen molar-refractivity contribution in [2.75, 3.05) is 12.4 Å². The van der Waals surface area contributed by atoms with Gasteiger partial charge in [-0.15, -0.1) is 11.3 Å². The number of amides is 1. The molecule has 0 saturated heterocycles. The highest BCUT2D eigenvalue weighted by molar-refractivity contribution is 7.09. The molecule has 0 spiro atoms. The van der Waals surface area contributed by atoms with E-state index >= 15 is 0 Å². The number of pyridine rings is 1. The number of nitrogens with one attached hydrogen (secondary N) is 2. The average molecular weight is 262 g/mol. The second kappa shape index (κ2) is 5.59. The summed E-state index contributed by atoms with van der Waals surface area (Å²) in [7, 11) is 1.59. The second-order valence-electron chi connectivity index (χ2n) is 3.75. The third-order valence-corrected chi connectivity index (χ3v) is 3.38. The first-order chi connectivity index (χ1) is 8.70. The summed E-state index contributed by atoms with van der Waals surface area (Å²) in [5.74, 6) is -0.194. The van der Waals surface area contributed by atoms with E-state index in [2.05, 4.69) is 20.6 Å². The Morgan fingerprint density at radius 2 is 2.22 bits per heavy atom. The Labute approximate surface area is 109 Å². The molecule has 0 bridgehead atoms. The molecular weight excluding hydrogens is 248 g/mol. The molecule has 2 aromatic rings. The summed E-state index contributed by atoms with van der Waals surface area (Å²) in [6.07, 6.45) is 3.39. The standard InChI is InChI=1S/C12H14N4OS/c1-8(12-15-5-6-18-12)16-9-3-4-14-10(7-9)11(17)13-2/h3-8H,1-2H3,(H,13,17)(H,14,16). The molecule has 2 aromatic heterocycles. The number of thiazole rings is 1. The highest BCUT2D eigenvalue weighted by Gasteiger charge is 2.10. The van der Waals surface area contributed by atoms with Crippen molar-refractivity contribution >= 4 is 22.9 Å². The first-order valence-electron chi connectivity index (χ1n) is 5.54. The van der Waals surface area contributed by atoms with Crippen molar-refractivity contribution in [3.8, 4) is 0 Å². The van der Waals surface area contributed by atoms with Crippen LogP contribution in [0.5, 0.6) is 0 Å². The SMILES string of the molecule is CNC(=O)c1cc(NC(C)c2nccs2)ccn1. The Balaban J connectivity index is 2.12. The molecule has 2 heterocycles. The minimum atomic E-state index is -0.194. The lowest BCUT2D eigenvalue weighted by molar-refractivity contribution is 0.0958. The average Bonchev–Trinajstić information content (AvgIpc) is 2.92. The molecule has 1 amide bonds. The van der Waals surface area contributed by atoms with Gasteiger partial charge in [-0.05, 0) is 19.1 Å². The Bertz CT molecular complexity index is 527. The molecule has 0 fully saturated rings. The summed E-state index contributed by atoms with van der Waals surface area (Å²) in [4.78, 5) is 19.7. The fraction of sp³-hybridized carbons (Fsp3) is 0.250. The van der Waals surface area contributed by atoms with Gasteiger partial charge >= 0.3 is 0 Å². The van der Waals surface area contributed by atoms with Crippen LogP contribution in [-0.4, -0.2) is 22.9 Å². The molecule has 0 aromatic carbocycles. The quantitative estimate of drug-likeness (QED) is 0.885. The highest BCUT2D eigenvalue weighted by atomic mass is 32.1. The highest BCUT2D eigenvalue weighted by Crippen LogP contribution is 2.20. The minimum Gasteiger partial charge on any atom is -0.376 e. The van der Waals surface area contributed by atoms with Crippen molar-refractivity contribution in [2.24, 2.45) is 0 Å². The molecule has 6 heteroatoms. The van der Waals surface area contributed by atoms with Crippen LogP contribution in [0.3, 0.4) is 0 Å². The van der Waals surface area contributed by atoms with Crippen LogP contribution in [0.25, 0.3) is 0 Å². The fourth-order valence-corrected chi connectivity index (χ4v) is 2.18. The van der Waals surface area contributed by atoms with E-state index in [1.807, 2.05) is 18.4 Å². The molecule has 1 atom stereocenters. The Kier molecular flexibility index (Phi) is 3.88. The Hall–Kier alpha value is -1.95.